The van der Waals surface area contributed by atoms with Crippen molar-refractivity contribution in [2.75, 3.05) is 58.5 Å². The third kappa shape index (κ3) is 8.95. The minimum Gasteiger partial charge on any atom is -0.493 e. The number of ketones is 1. The second-order valence-corrected chi connectivity index (χ2v) is 17.3. The molecule has 12 heteroatoms. The van der Waals surface area contributed by atoms with Gasteiger partial charge in [-0.05, 0) is 73.1 Å². The molecule has 2 fully saturated rings. The van der Waals surface area contributed by atoms with Crippen molar-refractivity contribution in [1.29, 1.82) is 0 Å². The van der Waals surface area contributed by atoms with Crippen molar-refractivity contribution >= 4 is 29.2 Å². The van der Waals surface area contributed by atoms with E-state index in [-0.39, 0.29) is 57.4 Å². The number of unbranched alkanes of at least 4 members (excludes halogenated alkanes) is 1. The summed E-state index contributed by atoms with van der Waals surface area (Å²) in [5, 5.41) is 18.6. The van der Waals surface area contributed by atoms with E-state index in [1.54, 1.807) is 12.0 Å². The molecule has 2 bridgehead atoms. The van der Waals surface area contributed by atoms with Gasteiger partial charge in [-0.25, -0.2) is 0 Å². The molecule has 3 amide bonds. The lowest BCUT2D eigenvalue weighted by Gasteiger charge is -2.64. The summed E-state index contributed by atoms with van der Waals surface area (Å²) in [6.45, 7) is 9.05. The van der Waals surface area contributed by atoms with Crippen LogP contribution in [0.4, 0.5) is 5.69 Å². The summed E-state index contributed by atoms with van der Waals surface area (Å²) in [5.41, 5.74) is 3.86. The molecule has 61 heavy (non-hydrogen) atoms. The molecule has 332 valence electrons. The molecule has 2 heterocycles. The summed E-state index contributed by atoms with van der Waals surface area (Å²) in [6, 6.07) is 19.7. The predicted octanol–water partition coefficient (Wildman–Crippen LogP) is 6.63. The van der Waals surface area contributed by atoms with E-state index >= 15 is 0 Å². The van der Waals surface area contributed by atoms with Crippen LogP contribution in [-0.4, -0.2) is 104 Å². The Morgan fingerprint density at radius 3 is 2.41 bits per heavy atom. The number of quaternary nitrogens is 1. The van der Waals surface area contributed by atoms with Gasteiger partial charge in [0.2, 0.25) is 11.8 Å². The Morgan fingerprint density at radius 2 is 1.72 bits per heavy atom. The van der Waals surface area contributed by atoms with Crippen LogP contribution >= 0.6 is 0 Å². The Morgan fingerprint density at radius 1 is 0.984 bits per heavy atom. The minimum atomic E-state index is -1.12. The zero-order chi connectivity index (χ0) is 42.0. The molecule has 2 aliphatic heterocycles. The number of carbonyl (C=O) groups excluding carboxylic acids is 4. The molecule has 2 aliphatic carbocycles. The summed E-state index contributed by atoms with van der Waals surface area (Å²) >= 11 is 0. The summed E-state index contributed by atoms with van der Waals surface area (Å²) in [7, 11) is 3.83. The van der Waals surface area contributed by atoms with E-state index in [1.807, 2.05) is 42.5 Å². The minimum absolute atomic E-state index is 0. The number of benzene rings is 3. The number of hydrogen-bond donors (Lipinski definition) is 3. The first-order chi connectivity index (χ1) is 28.3. The number of amides is 3. The van der Waals surface area contributed by atoms with E-state index in [0.717, 1.165) is 35.3 Å². The lowest BCUT2D eigenvalue weighted by atomic mass is 9.48. The Balaban J connectivity index is 0.00000352. The van der Waals surface area contributed by atoms with Crippen molar-refractivity contribution in [1.82, 2.24) is 10.6 Å². The molecule has 0 aromatic heterocycles. The molecule has 2 unspecified atom stereocenters. The first-order valence-corrected chi connectivity index (χ1v) is 21.4. The number of likely N-dealkylation sites (tertiary alicyclic amines) is 1. The number of ether oxygens (including phenoxy) is 3. The highest BCUT2D eigenvalue weighted by Crippen LogP contribution is 2.66. The first kappa shape index (κ1) is 47.3. The van der Waals surface area contributed by atoms with Crippen LogP contribution in [0.3, 0.4) is 0 Å². The van der Waals surface area contributed by atoms with Gasteiger partial charge < -0.3 is 39.3 Å². The Hall–Kier alpha value is -4.78. The second kappa shape index (κ2) is 19.5. The molecule has 7 rings (SSSR count). The quantitative estimate of drug-likeness (QED) is 0.0957. The van der Waals surface area contributed by atoms with Crippen LogP contribution in [0.2, 0.25) is 0 Å². The summed E-state index contributed by atoms with van der Waals surface area (Å²) < 4.78 is 18.6. The van der Waals surface area contributed by atoms with Crippen LogP contribution in [0, 0.1) is 0 Å². The molecule has 0 radical (unpaired) electrons. The predicted molar refractivity (Wildman–Crippen MR) is 238 cm³/mol. The lowest BCUT2D eigenvalue weighted by molar-refractivity contribution is -0.961. The van der Waals surface area contributed by atoms with Gasteiger partial charge in [-0.3, -0.25) is 19.2 Å². The monoisotopic (exact) mass is 842 g/mol. The number of carbonyl (C=O) groups is 4. The standard InChI is InChI=1S/C47H60N4O8.2CH4/c1-6-31(2)34-12-14-35(15-13-34)45(55)49-24-27-58-28-25-50(41(54)9-7-8-23-48-32(3)52)37-17-10-33(11-18-37)30-51(4)26-22-46-42-36-16-19-39(57-5)43(42)59-44(46)38(53)20-21-47(46,56)40(51)29-36;;/h10-19,31,40,44,56H,6-9,20-30H2,1-5H3,(H-,48,49,52,55);2*1H4/p+1/t31?,40-,44+,46+,47-,51?;;/m1../s1. The van der Waals surface area contributed by atoms with E-state index in [2.05, 4.69) is 49.7 Å². The molecule has 1 saturated heterocycles. The maximum absolute atomic E-state index is 13.7. The van der Waals surface area contributed by atoms with Gasteiger partial charge in [0.25, 0.3) is 5.91 Å². The number of rotatable bonds is 18. The molecule has 4 aliphatic rings. The van der Waals surface area contributed by atoms with Gasteiger partial charge in [-0.15, -0.1) is 0 Å². The van der Waals surface area contributed by atoms with Gasteiger partial charge in [-0.2, -0.15) is 0 Å². The number of nitrogens with one attached hydrogen (secondary N) is 2. The SMILES string of the molecule is C.C.CCC(C)c1ccc(C(=O)NCCOCCN(C(=O)CCCCNC(C)=O)c2ccc(C[N+]3(C)CC[C@]45c6c7ccc(OC)c6O[C@H]4C(=O)CC[C@@]5(O)[C@H]3C7)cc2)cc1. The molecule has 6 atom stereocenters. The molecule has 1 spiro atoms. The summed E-state index contributed by atoms with van der Waals surface area (Å²) in [4.78, 5) is 52.9. The van der Waals surface area contributed by atoms with Crippen LogP contribution in [0.25, 0.3) is 0 Å². The van der Waals surface area contributed by atoms with Gasteiger partial charge in [0.1, 0.15) is 18.2 Å². The van der Waals surface area contributed by atoms with Crippen molar-refractivity contribution in [3.63, 3.8) is 0 Å². The van der Waals surface area contributed by atoms with Gasteiger partial charge >= 0.3 is 0 Å². The van der Waals surface area contributed by atoms with Crippen molar-refractivity contribution in [2.45, 2.75) is 123 Å². The van der Waals surface area contributed by atoms with E-state index in [4.69, 9.17) is 14.2 Å². The van der Waals surface area contributed by atoms with Crippen molar-refractivity contribution in [3.05, 3.63) is 88.5 Å². The number of hydrogen-bond acceptors (Lipinski definition) is 8. The number of nitrogens with zero attached hydrogens (tertiary/aromatic N) is 2. The normalized spacial score (nSPS) is 24.5. The van der Waals surface area contributed by atoms with Crippen LogP contribution in [-0.2, 0) is 37.5 Å². The van der Waals surface area contributed by atoms with Crippen LogP contribution < -0.4 is 25.0 Å². The Bertz CT molecular complexity index is 2040. The van der Waals surface area contributed by atoms with Gasteiger partial charge in [0.05, 0.1) is 39.3 Å². The number of methoxy groups -OCH3 is 1. The van der Waals surface area contributed by atoms with Crippen LogP contribution in [0.5, 0.6) is 11.5 Å². The Labute approximate surface area is 362 Å². The van der Waals surface area contributed by atoms with Crippen molar-refractivity contribution < 1.29 is 43.0 Å². The number of aliphatic hydroxyl groups is 1. The van der Waals surface area contributed by atoms with Crippen molar-refractivity contribution in [2.24, 2.45) is 0 Å². The highest BCUT2D eigenvalue weighted by Gasteiger charge is 2.76. The van der Waals surface area contributed by atoms with E-state index in [1.165, 1.54) is 12.5 Å². The second-order valence-electron chi connectivity index (χ2n) is 17.3. The Kier molecular flexibility index (Phi) is 15.1. The average Bonchev–Trinajstić information content (AvgIpc) is 3.60. The maximum Gasteiger partial charge on any atom is 0.251 e. The van der Waals surface area contributed by atoms with Crippen molar-refractivity contribution in [3.8, 4) is 11.5 Å². The summed E-state index contributed by atoms with van der Waals surface area (Å²) in [5.74, 6) is 1.45. The molecule has 1 saturated carbocycles. The highest BCUT2D eigenvalue weighted by atomic mass is 16.5. The zero-order valence-electron chi connectivity index (χ0n) is 35.3. The van der Waals surface area contributed by atoms with Gasteiger partial charge in [0, 0.05) is 74.6 Å². The third-order valence-electron chi connectivity index (χ3n) is 13.7. The fraction of sp³-hybridized carbons (Fsp3) is 0.551. The molecule has 3 N–H and O–H groups in total. The summed E-state index contributed by atoms with van der Waals surface area (Å²) in [6.07, 6.45) is 3.96. The lowest BCUT2D eigenvalue weighted by Crippen LogP contribution is -2.80. The fourth-order valence-electron chi connectivity index (χ4n) is 10.4. The molecule has 3 aromatic rings. The average molecular weight is 842 g/mol. The van der Waals surface area contributed by atoms with E-state index < -0.39 is 17.1 Å². The molecule has 12 nitrogen and oxygen atoms in total. The zero-order valence-corrected chi connectivity index (χ0v) is 35.3. The van der Waals surface area contributed by atoms with Crippen LogP contribution in [0.15, 0.2) is 60.7 Å². The highest BCUT2D eigenvalue weighted by molar-refractivity contribution is 5.94. The number of likely N-dealkylation sites (N-methyl/N-ethyl adjacent to an activating group) is 1. The van der Waals surface area contributed by atoms with Gasteiger partial charge in [-0.1, -0.05) is 59.0 Å². The van der Waals surface area contributed by atoms with E-state index in [9.17, 15) is 24.3 Å². The number of Topliss-reactive ketones (excluding diaryl/α,β-unsaturated/α-hetero) is 1. The molecule has 3 aromatic carbocycles. The number of anilines is 1. The molecular formula is C49H69N4O8+. The number of piperidine rings is 1. The largest absolute Gasteiger partial charge is 0.493 e. The van der Waals surface area contributed by atoms with Gasteiger partial charge in [0.15, 0.2) is 23.4 Å². The third-order valence-corrected chi connectivity index (χ3v) is 13.7. The van der Waals surface area contributed by atoms with E-state index in [0.29, 0.717) is 98.8 Å². The topological polar surface area (TPSA) is 144 Å². The smallest absolute Gasteiger partial charge is 0.251 e. The van der Waals surface area contributed by atoms with Crippen LogP contribution in [0.1, 0.15) is 119 Å². The first-order valence-electron chi connectivity index (χ1n) is 21.4. The fourth-order valence-corrected chi connectivity index (χ4v) is 10.4. The molecular weight excluding hydrogens is 773 g/mol. The maximum atomic E-state index is 13.7.